The predicted molar refractivity (Wildman–Crippen MR) is 106 cm³/mol. The standard InChI is InChI=1S/C22H25O3P/c1-14-8-5-9-15(2)19(14)21(23)18(12-7-13-26-25)22(24)20-16(3)10-6-11-17(20)4/h5-6,8-11,18H,7,12-13H2,1-4H3. The molecule has 136 valence electrons. The molecule has 2 aromatic carbocycles. The van der Waals surface area contributed by atoms with Gasteiger partial charge in [0, 0.05) is 17.3 Å². The van der Waals surface area contributed by atoms with Gasteiger partial charge >= 0.3 is 0 Å². The number of carbonyl (C=O) groups is 2. The van der Waals surface area contributed by atoms with Crippen molar-refractivity contribution in [2.24, 2.45) is 5.92 Å². The first-order chi connectivity index (χ1) is 12.4. The van der Waals surface area contributed by atoms with Gasteiger partial charge in [0.15, 0.2) is 20.0 Å². The number of carbonyl (C=O) groups excluding carboxylic acids is 2. The van der Waals surface area contributed by atoms with Gasteiger partial charge in [-0.3, -0.25) is 14.2 Å². The summed E-state index contributed by atoms with van der Waals surface area (Å²) in [6.45, 7) is 7.60. The summed E-state index contributed by atoms with van der Waals surface area (Å²) in [4.78, 5) is 26.6. The van der Waals surface area contributed by atoms with Gasteiger partial charge in [-0.25, -0.2) is 0 Å². The number of hydrogen-bond acceptors (Lipinski definition) is 3. The van der Waals surface area contributed by atoms with Crippen LogP contribution in [0.4, 0.5) is 0 Å². The molecule has 0 radical (unpaired) electrons. The van der Waals surface area contributed by atoms with Gasteiger partial charge in [-0.1, -0.05) is 36.4 Å². The number of Topliss-reactive ketones (excluding diaryl/α,β-unsaturated/α-hetero) is 2. The number of benzene rings is 2. The molecule has 0 aromatic heterocycles. The van der Waals surface area contributed by atoms with Crippen molar-refractivity contribution in [1.82, 2.24) is 0 Å². The monoisotopic (exact) mass is 368 g/mol. The van der Waals surface area contributed by atoms with Crippen molar-refractivity contribution in [3.05, 3.63) is 69.8 Å². The van der Waals surface area contributed by atoms with E-state index >= 15 is 0 Å². The molecule has 0 aliphatic carbocycles. The summed E-state index contributed by atoms with van der Waals surface area (Å²) >= 11 is 0. The molecule has 2 aromatic rings. The van der Waals surface area contributed by atoms with Gasteiger partial charge < -0.3 is 0 Å². The summed E-state index contributed by atoms with van der Waals surface area (Å²) in [5.74, 6) is -0.997. The second-order valence-electron chi connectivity index (χ2n) is 6.81. The van der Waals surface area contributed by atoms with Crippen LogP contribution >= 0.6 is 8.46 Å². The van der Waals surface area contributed by atoms with Crippen LogP contribution < -0.4 is 0 Å². The van der Waals surface area contributed by atoms with Gasteiger partial charge in [0.2, 0.25) is 0 Å². The molecule has 0 bridgehead atoms. The molecular weight excluding hydrogens is 343 g/mol. The number of ketones is 2. The molecule has 0 heterocycles. The van der Waals surface area contributed by atoms with Crippen LogP contribution in [0.5, 0.6) is 0 Å². The van der Waals surface area contributed by atoms with Crippen molar-refractivity contribution in [2.75, 3.05) is 6.16 Å². The molecule has 4 heteroatoms. The van der Waals surface area contributed by atoms with Crippen LogP contribution in [-0.2, 0) is 4.57 Å². The van der Waals surface area contributed by atoms with E-state index in [0.717, 1.165) is 22.3 Å². The van der Waals surface area contributed by atoms with E-state index in [1.54, 1.807) is 0 Å². The van der Waals surface area contributed by atoms with Crippen molar-refractivity contribution in [3.8, 4) is 0 Å². The Morgan fingerprint density at radius 3 is 1.54 bits per heavy atom. The maximum absolute atomic E-state index is 13.3. The van der Waals surface area contributed by atoms with Gasteiger partial charge in [0.1, 0.15) is 0 Å². The predicted octanol–water partition coefficient (Wildman–Crippen LogP) is 5.67. The number of aryl methyl sites for hydroxylation is 4. The van der Waals surface area contributed by atoms with E-state index in [-0.39, 0.29) is 20.0 Å². The molecule has 0 fully saturated rings. The Balaban J connectivity index is 2.47. The fourth-order valence-electron chi connectivity index (χ4n) is 3.50. The van der Waals surface area contributed by atoms with E-state index in [9.17, 15) is 14.2 Å². The first kappa shape index (κ1) is 20.2. The normalized spacial score (nSPS) is 11.1. The molecule has 3 nitrogen and oxygen atoms in total. The Morgan fingerprint density at radius 2 is 1.19 bits per heavy atom. The minimum Gasteiger partial charge on any atom is -0.293 e. The lowest BCUT2D eigenvalue weighted by Crippen LogP contribution is -2.27. The van der Waals surface area contributed by atoms with Crippen LogP contribution in [0.3, 0.4) is 0 Å². The zero-order valence-electron chi connectivity index (χ0n) is 15.8. The average molecular weight is 368 g/mol. The first-order valence-corrected chi connectivity index (χ1v) is 9.88. The molecule has 0 amide bonds. The zero-order chi connectivity index (χ0) is 19.3. The Labute approximate surface area is 157 Å². The second-order valence-corrected chi connectivity index (χ2v) is 7.52. The number of hydrogen-bond donors (Lipinski definition) is 0. The average Bonchev–Trinajstić information content (AvgIpc) is 2.58. The fraction of sp³-hybridized carbons (Fsp3) is 0.364. The Morgan fingerprint density at radius 1 is 0.808 bits per heavy atom. The molecule has 0 spiro atoms. The van der Waals surface area contributed by atoms with Crippen molar-refractivity contribution in [1.29, 1.82) is 0 Å². The van der Waals surface area contributed by atoms with E-state index in [4.69, 9.17) is 0 Å². The van der Waals surface area contributed by atoms with Crippen LogP contribution in [0.1, 0.15) is 55.8 Å². The van der Waals surface area contributed by atoms with E-state index in [1.165, 1.54) is 0 Å². The summed E-state index contributed by atoms with van der Waals surface area (Å²) in [7, 11) is 0.0471. The first-order valence-electron chi connectivity index (χ1n) is 8.88. The highest BCUT2D eigenvalue weighted by Gasteiger charge is 2.31. The maximum atomic E-state index is 13.3. The van der Waals surface area contributed by atoms with Crippen molar-refractivity contribution in [3.63, 3.8) is 0 Å². The second kappa shape index (κ2) is 9.00. The summed E-state index contributed by atoms with van der Waals surface area (Å²) in [5, 5.41) is 0. The van der Waals surface area contributed by atoms with Crippen molar-refractivity contribution >= 4 is 20.0 Å². The van der Waals surface area contributed by atoms with Crippen molar-refractivity contribution < 1.29 is 14.2 Å². The van der Waals surface area contributed by atoms with Gasteiger partial charge in [-0.15, -0.1) is 0 Å². The van der Waals surface area contributed by atoms with E-state index in [2.05, 4.69) is 0 Å². The highest BCUT2D eigenvalue weighted by atomic mass is 31.1. The fourth-order valence-corrected chi connectivity index (χ4v) is 3.81. The Bertz CT molecular complexity index is 735. The van der Waals surface area contributed by atoms with E-state index in [0.29, 0.717) is 30.1 Å². The molecule has 0 N–H and O–H groups in total. The molecular formula is C22H25O3P. The third kappa shape index (κ3) is 4.34. The highest BCUT2D eigenvalue weighted by Crippen LogP contribution is 2.27. The Kier molecular flexibility index (Phi) is 6.99. The Hall–Kier alpha value is -2.12. The van der Waals surface area contributed by atoms with Crippen LogP contribution in [0.15, 0.2) is 36.4 Å². The minimum atomic E-state index is -0.739. The van der Waals surface area contributed by atoms with Gasteiger partial charge in [0.25, 0.3) is 0 Å². The maximum Gasteiger partial charge on any atom is 0.174 e. The van der Waals surface area contributed by atoms with Crippen molar-refractivity contribution in [2.45, 2.75) is 40.5 Å². The van der Waals surface area contributed by atoms with Crippen LogP contribution in [0, 0.1) is 33.6 Å². The summed E-state index contributed by atoms with van der Waals surface area (Å²) in [5.41, 5.74) is 4.81. The molecule has 0 saturated heterocycles. The minimum absolute atomic E-state index is 0.0471. The molecule has 26 heavy (non-hydrogen) atoms. The lowest BCUT2D eigenvalue weighted by Gasteiger charge is -2.19. The molecule has 0 atom stereocenters. The smallest absolute Gasteiger partial charge is 0.174 e. The largest absolute Gasteiger partial charge is 0.293 e. The van der Waals surface area contributed by atoms with Crippen LogP contribution in [-0.4, -0.2) is 17.7 Å². The lowest BCUT2D eigenvalue weighted by atomic mass is 9.82. The third-order valence-corrected chi connectivity index (χ3v) is 5.33. The summed E-state index contributed by atoms with van der Waals surface area (Å²) < 4.78 is 10.8. The highest BCUT2D eigenvalue weighted by molar-refractivity contribution is 7.23. The SMILES string of the molecule is Cc1cccc(C)c1C(=O)C(CCCP=O)C(=O)c1c(C)cccc1C. The molecule has 0 saturated carbocycles. The van der Waals surface area contributed by atoms with E-state index < -0.39 is 5.92 Å². The van der Waals surface area contributed by atoms with Crippen LogP contribution in [0.2, 0.25) is 0 Å². The number of rotatable bonds is 8. The molecule has 2 rings (SSSR count). The van der Waals surface area contributed by atoms with Gasteiger partial charge in [-0.2, -0.15) is 0 Å². The molecule has 0 aliphatic rings. The third-order valence-electron chi connectivity index (χ3n) is 4.83. The summed E-state index contributed by atoms with van der Waals surface area (Å²) in [6.07, 6.45) is 1.44. The van der Waals surface area contributed by atoms with Gasteiger partial charge in [0.05, 0.1) is 5.92 Å². The lowest BCUT2D eigenvalue weighted by molar-refractivity contribution is 0.0797. The van der Waals surface area contributed by atoms with Gasteiger partial charge in [-0.05, 0) is 62.8 Å². The quantitative estimate of drug-likeness (QED) is 0.261. The van der Waals surface area contributed by atoms with E-state index in [1.807, 2.05) is 64.1 Å². The molecule has 0 aliphatic heterocycles. The molecule has 0 unspecified atom stereocenters. The topological polar surface area (TPSA) is 51.2 Å². The summed E-state index contributed by atoms with van der Waals surface area (Å²) in [6, 6.07) is 11.4. The zero-order valence-corrected chi connectivity index (χ0v) is 16.7. The van der Waals surface area contributed by atoms with Crippen LogP contribution in [0.25, 0.3) is 0 Å².